The van der Waals surface area contributed by atoms with Crippen LogP contribution in [0.15, 0.2) is 36.0 Å². The molecule has 2 aliphatic rings. The summed E-state index contributed by atoms with van der Waals surface area (Å²) in [5.41, 5.74) is 1.91. The molecular formula is C15H20O4. The van der Waals surface area contributed by atoms with Gasteiger partial charge in [-0.25, -0.2) is 4.79 Å². The Labute approximate surface area is 113 Å². The van der Waals surface area contributed by atoms with E-state index >= 15 is 0 Å². The molecule has 0 aromatic heterocycles. The summed E-state index contributed by atoms with van der Waals surface area (Å²) in [6, 6.07) is 0. The molecule has 0 radical (unpaired) electrons. The maximum Gasteiger partial charge on any atom is 0.334 e. The molecule has 1 aliphatic carbocycles. The number of aliphatic hydroxyl groups is 2. The number of ether oxygens (including phenoxy) is 1. The van der Waals surface area contributed by atoms with Gasteiger partial charge in [-0.15, -0.1) is 0 Å². The Kier molecular flexibility index (Phi) is 3.92. The van der Waals surface area contributed by atoms with Crippen molar-refractivity contribution in [1.82, 2.24) is 0 Å². The number of carbonyl (C=O) groups excluding carboxylic acids is 1. The van der Waals surface area contributed by atoms with E-state index in [4.69, 9.17) is 4.74 Å². The van der Waals surface area contributed by atoms with Gasteiger partial charge in [-0.05, 0) is 37.8 Å². The van der Waals surface area contributed by atoms with E-state index in [0.29, 0.717) is 24.8 Å². The van der Waals surface area contributed by atoms with Crippen LogP contribution in [0.3, 0.4) is 0 Å². The van der Waals surface area contributed by atoms with E-state index in [1.165, 1.54) is 0 Å². The van der Waals surface area contributed by atoms with Gasteiger partial charge in [0.05, 0.1) is 18.1 Å². The molecule has 4 nitrogen and oxygen atoms in total. The zero-order chi connectivity index (χ0) is 14.2. The monoisotopic (exact) mass is 264 g/mol. The number of rotatable bonds is 0. The van der Waals surface area contributed by atoms with Crippen molar-refractivity contribution in [1.29, 1.82) is 0 Å². The molecule has 1 aliphatic heterocycles. The van der Waals surface area contributed by atoms with Gasteiger partial charge < -0.3 is 14.9 Å². The van der Waals surface area contributed by atoms with Crippen LogP contribution >= 0.6 is 0 Å². The Morgan fingerprint density at radius 2 is 2.05 bits per heavy atom. The second-order valence-electron chi connectivity index (χ2n) is 5.41. The molecule has 2 N–H and O–H groups in total. The van der Waals surface area contributed by atoms with Gasteiger partial charge >= 0.3 is 5.97 Å². The Bertz CT molecular complexity index is 449. The third-order valence-electron chi connectivity index (χ3n) is 3.90. The van der Waals surface area contributed by atoms with Crippen molar-refractivity contribution in [3.8, 4) is 0 Å². The van der Waals surface area contributed by atoms with E-state index in [2.05, 4.69) is 13.2 Å². The predicted octanol–water partition coefficient (Wildman–Crippen LogP) is 1.49. The third-order valence-corrected chi connectivity index (χ3v) is 3.90. The molecule has 1 saturated heterocycles. The van der Waals surface area contributed by atoms with Gasteiger partial charge in [0.2, 0.25) is 0 Å². The van der Waals surface area contributed by atoms with E-state index in [1.807, 2.05) is 0 Å². The summed E-state index contributed by atoms with van der Waals surface area (Å²) in [6.45, 7) is 9.42. The molecule has 0 amide bonds. The fourth-order valence-corrected chi connectivity index (χ4v) is 2.66. The number of carbonyl (C=O) groups is 1. The van der Waals surface area contributed by atoms with E-state index in [-0.39, 0.29) is 0 Å². The topological polar surface area (TPSA) is 66.8 Å². The van der Waals surface area contributed by atoms with Crippen molar-refractivity contribution in [2.24, 2.45) is 5.92 Å². The minimum Gasteiger partial charge on any atom is -0.454 e. The Morgan fingerprint density at radius 1 is 1.37 bits per heavy atom. The van der Waals surface area contributed by atoms with Gasteiger partial charge in [-0.1, -0.05) is 18.7 Å². The lowest BCUT2D eigenvalue weighted by molar-refractivity contribution is -0.137. The summed E-state index contributed by atoms with van der Waals surface area (Å²) in [6.07, 6.45) is 1.51. The van der Waals surface area contributed by atoms with Crippen LogP contribution in [-0.2, 0) is 9.53 Å². The summed E-state index contributed by atoms with van der Waals surface area (Å²) in [5, 5.41) is 20.3. The molecule has 19 heavy (non-hydrogen) atoms. The van der Waals surface area contributed by atoms with Crippen molar-refractivity contribution >= 4 is 5.97 Å². The zero-order valence-electron chi connectivity index (χ0n) is 11.1. The second-order valence-corrected chi connectivity index (χ2v) is 5.41. The van der Waals surface area contributed by atoms with Crippen molar-refractivity contribution in [3.63, 3.8) is 0 Å². The summed E-state index contributed by atoms with van der Waals surface area (Å²) in [7, 11) is 0. The van der Waals surface area contributed by atoms with Crippen molar-refractivity contribution in [2.75, 3.05) is 0 Å². The lowest BCUT2D eigenvalue weighted by Crippen LogP contribution is -2.30. The minimum atomic E-state index is -0.726. The first-order valence-electron chi connectivity index (χ1n) is 6.51. The summed E-state index contributed by atoms with van der Waals surface area (Å²) >= 11 is 0. The highest BCUT2D eigenvalue weighted by molar-refractivity contribution is 5.91. The number of aliphatic hydroxyl groups excluding tert-OH is 2. The van der Waals surface area contributed by atoms with Crippen LogP contribution in [0.4, 0.5) is 0 Å². The van der Waals surface area contributed by atoms with Gasteiger partial charge in [0, 0.05) is 5.57 Å². The average Bonchev–Trinajstić information content (AvgIpc) is 2.60. The standard InChI is InChI=1S/C15H20O4/c1-8-4-5-11(16)9(2)7-13-14(12(17)6-8)10(3)15(18)19-13/h7,11-14,16-17H,1,3-6H2,2H3/b9-7+. The normalized spacial score (nSPS) is 39.3. The lowest BCUT2D eigenvalue weighted by Gasteiger charge is -2.25. The Hall–Kier alpha value is -1.39. The first kappa shape index (κ1) is 14.0. The van der Waals surface area contributed by atoms with E-state index in [9.17, 15) is 15.0 Å². The highest BCUT2D eigenvalue weighted by Gasteiger charge is 2.42. The molecule has 104 valence electrons. The van der Waals surface area contributed by atoms with Crippen LogP contribution in [0, 0.1) is 5.92 Å². The zero-order valence-corrected chi connectivity index (χ0v) is 11.1. The molecule has 0 aromatic rings. The van der Waals surface area contributed by atoms with E-state index in [1.54, 1.807) is 13.0 Å². The second kappa shape index (κ2) is 5.31. The fraction of sp³-hybridized carbons (Fsp3) is 0.533. The number of esters is 1. The van der Waals surface area contributed by atoms with Crippen molar-refractivity contribution in [2.45, 2.75) is 44.5 Å². The molecule has 0 aromatic carbocycles. The van der Waals surface area contributed by atoms with Gasteiger partial charge in [0.15, 0.2) is 0 Å². The van der Waals surface area contributed by atoms with Crippen LogP contribution in [0.1, 0.15) is 26.2 Å². The maximum atomic E-state index is 11.6. The minimum absolute atomic E-state index is 0.296. The van der Waals surface area contributed by atoms with Crippen LogP contribution < -0.4 is 0 Å². The molecular weight excluding hydrogens is 244 g/mol. The molecule has 1 heterocycles. The Morgan fingerprint density at radius 3 is 2.74 bits per heavy atom. The smallest absolute Gasteiger partial charge is 0.334 e. The fourth-order valence-electron chi connectivity index (χ4n) is 2.66. The number of hydrogen-bond acceptors (Lipinski definition) is 4. The van der Waals surface area contributed by atoms with Crippen LogP contribution in [0.5, 0.6) is 0 Å². The largest absolute Gasteiger partial charge is 0.454 e. The summed E-state index contributed by atoms with van der Waals surface area (Å²) < 4.78 is 5.22. The summed E-state index contributed by atoms with van der Waals surface area (Å²) in [5.74, 6) is -0.929. The maximum absolute atomic E-state index is 11.6. The van der Waals surface area contributed by atoms with Crippen LogP contribution in [0.25, 0.3) is 0 Å². The molecule has 4 atom stereocenters. The predicted molar refractivity (Wildman–Crippen MR) is 71.3 cm³/mol. The van der Waals surface area contributed by atoms with Gasteiger partial charge in [0.25, 0.3) is 0 Å². The van der Waals surface area contributed by atoms with Crippen LogP contribution in [-0.4, -0.2) is 34.5 Å². The lowest BCUT2D eigenvalue weighted by atomic mass is 9.84. The van der Waals surface area contributed by atoms with Gasteiger partial charge in [0.1, 0.15) is 6.10 Å². The van der Waals surface area contributed by atoms with Crippen molar-refractivity contribution < 1.29 is 19.7 Å². The quantitative estimate of drug-likeness (QED) is 0.395. The first-order valence-corrected chi connectivity index (χ1v) is 6.51. The average molecular weight is 264 g/mol. The third kappa shape index (κ3) is 2.80. The number of hydrogen-bond donors (Lipinski definition) is 2. The van der Waals surface area contributed by atoms with Gasteiger partial charge in [-0.2, -0.15) is 0 Å². The number of fused-ring (bicyclic) bond motifs is 1. The van der Waals surface area contributed by atoms with Crippen LogP contribution in [0.2, 0.25) is 0 Å². The molecule has 2 rings (SSSR count). The highest BCUT2D eigenvalue weighted by Crippen LogP contribution is 2.35. The SMILES string of the molecule is C=C1CCC(O)/C(C)=C/C2OC(=O)C(=C)C2C(O)C1. The highest BCUT2D eigenvalue weighted by atomic mass is 16.6. The summed E-state index contributed by atoms with van der Waals surface area (Å²) in [4.78, 5) is 11.6. The molecule has 0 bridgehead atoms. The molecule has 1 fully saturated rings. The molecule has 4 unspecified atom stereocenters. The molecule has 4 heteroatoms. The van der Waals surface area contributed by atoms with Gasteiger partial charge in [-0.3, -0.25) is 0 Å². The Balaban J connectivity index is 2.35. The van der Waals surface area contributed by atoms with E-state index in [0.717, 1.165) is 11.1 Å². The van der Waals surface area contributed by atoms with E-state index < -0.39 is 30.2 Å². The molecule has 0 saturated carbocycles. The van der Waals surface area contributed by atoms with Crippen molar-refractivity contribution in [3.05, 3.63) is 36.0 Å². The molecule has 0 spiro atoms. The first-order chi connectivity index (χ1) is 8.90.